The first-order valence-electron chi connectivity index (χ1n) is 5.76. The molecule has 0 aliphatic heterocycles. The summed E-state index contributed by atoms with van der Waals surface area (Å²) in [6.07, 6.45) is 1.91. The third-order valence-corrected chi connectivity index (χ3v) is 2.63. The molecule has 2 rings (SSSR count). The fourth-order valence-electron chi connectivity index (χ4n) is 1.88. The van der Waals surface area contributed by atoms with Gasteiger partial charge in [0.1, 0.15) is 5.82 Å². The number of nitrogens with zero attached hydrogens (tertiary/aromatic N) is 2. The Balaban J connectivity index is 2.65. The van der Waals surface area contributed by atoms with Crippen LogP contribution in [0.15, 0.2) is 24.4 Å². The van der Waals surface area contributed by atoms with Crippen LogP contribution in [-0.4, -0.2) is 22.4 Å². The van der Waals surface area contributed by atoms with Crippen molar-refractivity contribution < 1.29 is 9.63 Å². The highest BCUT2D eigenvalue weighted by Crippen LogP contribution is 2.24. The molecular weight excluding hydrogens is 230 g/mol. The molecule has 0 fully saturated rings. The fourth-order valence-corrected chi connectivity index (χ4v) is 1.88. The van der Waals surface area contributed by atoms with Gasteiger partial charge in [0.05, 0.1) is 12.6 Å². The molecule has 2 aromatic rings. The molecule has 0 spiro atoms. The third-order valence-electron chi connectivity index (χ3n) is 2.63. The molecule has 0 saturated heterocycles. The van der Waals surface area contributed by atoms with Crippen molar-refractivity contribution >= 4 is 11.4 Å². The lowest BCUT2D eigenvalue weighted by Crippen LogP contribution is -2.22. The SMILES string of the molecule is CONC(=O)c1nc(C(C)(C)C)n2ccccc12. The van der Waals surface area contributed by atoms with Crippen LogP contribution in [0.4, 0.5) is 0 Å². The topological polar surface area (TPSA) is 55.6 Å². The molecule has 1 amide bonds. The summed E-state index contributed by atoms with van der Waals surface area (Å²) in [5.74, 6) is 0.510. The lowest BCUT2D eigenvalue weighted by Gasteiger charge is -2.16. The molecule has 2 aromatic heterocycles. The van der Waals surface area contributed by atoms with Crippen molar-refractivity contribution in [2.24, 2.45) is 0 Å². The van der Waals surface area contributed by atoms with Gasteiger partial charge in [0.2, 0.25) is 0 Å². The zero-order valence-electron chi connectivity index (χ0n) is 11.0. The molecule has 2 heterocycles. The van der Waals surface area contributed by atoms with Crippen LogP contribution in [0.25, 0.3) is 5.52 Å². The second kappa shape index (κ2) is 4.42. The minimum Gasteiger partial charge on any atom is -0.302 e. The van der Waals surface area contributed by atoms with Gasteiger partial charge >= 0.3 is 0 Å². The van der Waals surface area contributed by atoms with Crippen LogP contribution in [0.2, 0.25) is 0 Å². The fraction of sp³-hybridized carbons (Fsp3) is 0.385. The van der Waals surface area contributed by atoms with Crippen molar-refractivity contribution in [2.45, 2.75) is 26.2 Å². The number of hydroxylamine groups is 1. The lowest BCUT2D eigenvalue weighted by molar-refractivity contribution is 0.0534. The molecule has 0 unspecified atom stereocenters. The summed E-state index contributed by atoms with van der Waals surface area (Å²) in [7, 11) is 1.40. The van der Waals surface area contributed by atoms with Gasteiger partial charge in [-0.2, -0.15) is 0 Å². The van der Waals surface area contributed by atoms with Crippen molar-refractivity contribution in [3.63, 3.8) is 0 Å². The molecule has 0 atom stereocenters. The van der Waals surface area contributed by atoms with E-state index in [2.05, 4.69) is 36.1 Å². The summed E-state index contributed by atoms with van der Waals surface area (Å²) in [5, 5.41) is 0. The number of imidazole rings is 1. The molecule has 5 heteroatoms. The standard InChI is InChI=1S/C13H17N3O2/c1-13(2,3)12-14-10(11(17)15-18-4)9-7-5-6-8-16(9)12/h5-8H,1-4H3,(H,15,17). The van der Waals surface area contributed by atoms with Crippen LogP contribution in [0, 0.1) is 0 Å². The molecular formula is C13H17N3O2. The van der Waals surface area contributed by atoms with E-state index in [1.54, 1.807) is 0 Å². The van der Waals surface area contributed by atoms with Crippen LogP contribution in [0.5, 0.6) is 0 Å². The van der Waals surface area contributed by atoms with E-state index in [-0.39, 0.29) is 11.3 Å². The van der Waals surface area contributed by atoms with Crippen LogP contribution in [0.1, 0.15) is 37.1 Å². The first-order chi connectivity index (χ1) is 8.45. The summed E-state index contributed by atoms with van der Waals surface area (Å²) in [6, 6.07) is 5.67. The van der Waals surface area contributed by atoms with Gasteiger partial charge in [-0.15, -0.1) is 0 Å². The number of aromatic nitrogens is 2. The van der Waals surface area contributed by atoms with Gasteiger partial charge in [-0.25, -0.2) is 10.5 Å². The molecule has 0 aromatic carbocycles. The zero-order chi connectivity index (χ0) is 13.3. The van der Waals surface area contributed by atoms with E-state index in [1.165, 1.54) is 7.11 Å². The molecule has 96 valence electrons. The van der Waals surface area contributed by atoms with Gasteiger partial charge in [-0.3, -0.25) is 9.63 Å². The summed E-state index contributed by atoms with van der Waals surface area (Å²) < 4.78 is 1.94. The number of fused-ring (bicyclic) bond motifs is 1. The number of carbonyl (C=O) groups is 1. The van der Waals surface area contributed by atoms with Gasteiger partial charge in [0.15, 0.2) is 5.69 Å². The largest absolute Gasteiger partial charge is 0.302 e. The first kappa shape index (κ1) is 12.6. The van der Waals surface area contributed by atoms with Gasteiger partial charge < -0.3 is 4.40 Å². The van der Waals surface area contributed by atoms with Crippen molar-refractivity contribution in [3.05, 3.63) is 35.9 Å². The molecule has 0 aliphatic carbocycles. The highest BCUT2D eigenvalue weighted by Gasteiger charge is 2.24. The number of hydrogen-bond acceptors (Lipinski definition) is 3. The van der Waals surface area contributed by atoms with E-state index in [4.69, 9.17) is 0 Å². The second-order valence-electron chi connectivity index (χ2n) is 5.13. The van der Waals surface area contributed by atoms with Crippen LogP contribution in [0.3, 0.4) is 0 Å². The van der Waals surface area contributed by atoms with Gasteiger partial charge in [-0.1, -0.05) is 26.8 Å². The maximum atomic E-state index is 11.9. The summed E-state index contributed by atoms with van der Waals surface area (Å²) in [5.41, 5.74) is 3.31. The molecule has 0 bridgehead atoms. The Morgan fingerprint density at radius 3 is 2.72 bits per heavy atom. The summed E-state index contributed by atoms with van der Waals surface area (Å²) >= 11 is 0. The number of amides is 1. The van der Waals surface area contributed by atoms with Crippen LogP contribution < -0.4 is 5.48 Å². The predicted octanol–water partition coefficient (Wildman–Crippen LogP) is 1.92. The first-order valence-corrected chi connectivity index (χ1v) is 5.76. The average molecular weight is 247 g/mol. The number of carbonyl (C=O) groups excluding carboxylic acids is 1. The van der Waals surface area contributed by atoms with Gasteiger partial charge in [-0.05, 0) is 12.1 Å². The Morgan fingerprint density at radius 1 is 1.39 bits per heavy atom. The number of nitrogens with one attached hydrogen (secondary N) is 1. The summed E-state index contributed by atoms with van der Waals surface area (Å²) in [6.45, 7) is 6.19. The van der Waals surface area contributed by atoms with E-state index in [0.29, 0.717) is 5.69 Å². The van der Waals surface area contributed by atoms with E-state index < -0.39 is 0 Å². The van der Waals surface area contributed by atoms with Gasteiger partial charge in [0.25, 0.3) is 5.91 Å². The Kier molecular flexibility index (Phi) is 3.09. The van der Waals surface area contributed by atoms with E-state index >= 15 is 0 Å². The van der Waals surface area contributed by atoms with Gasteiger partial charge in [0, 0.05) is 11.6 Å². The third kappa shape index (κ3) is 2.09. The summed E-state index contributed by atoms with van der Waals surface area (Å²) in [4.78, 5) is 21.0. The van der Waals surface area contributed by atoms with E-state index in [0.717, 1.165) is 11.3 Å². The maximum Gasteiger partial charge on any atom is 0.295 e. The quantitative estimate of drug-likeness (QED) is 0.825. The maximum absolute atomic E-state index is 11.9. The Labute approximate surface area is 106 Å². The molecule has 0 aliphatic rings. The smallest absolute Gasteiger partial charge is 0.295 e. The second-order valence-corrected chi connectivity index (χ2v) is 5.13. The zero-order valence-corrected chi connectivity index (χ0v) is 11.0. The molecule has 0 saturated carbocycles. The van der Waals surface area contributed by atoms with Crippen LogP contribution in [-0.2, 0) is 10.3 Å². The molecule has 18 heavy (non-hydrogen) atoms. The number of pyridine rings is 1. The molecule has 5 nitrogen and oxygen atoms in total. The van der Waals surface area contributed by atoms with Crippen molar-refractivity contribution in [2.75, 3.05) is 7.11 Å². The van der Waals surface area contributed by atoms with E-state index in [9.17, 15) is 4.79 Å². The normalized spacial score (nSPS) is 11.8. The molecule has 0 radical (unpaired) electrons. The highest BCUT2D eigenvalue weighted by atomic mass is 16.6. The highest BCUT2D eigenvalue weighted by molar-refractivity contribution is 5.98. The molecule has 1 N–H and O–H groups in total. The van der Waals surface area contributed by atoms with Crippen molar-refractivity contribution in [1.82, 2.24) is 14.9 Å². The number of hydrogen-bond donors (Lipinski definition) is 1. The lowest BCUT2D eigenvalue weighted by atomic mass is 9.96. The van der Waals surface area contributed by atoms with Crippen molar-refractivity contribution in [1.29, 1.82) is 0 Å². The average Bonchev–Trinajstić information content (AvgIpc) is 2.68. The predicted molar refractivity (Wildman–Crippen MR) is 68.4 cm³/mol. The van der Waals surface area contributed by atoms with Crippen molar-refractivity contribution in [3.8, 4) is 0 Å². The van der Waals surface area contributed by atoms with E-state index in [1.807, 2.05) is 28.8 Å². The Hall–Kier alpha value is -1.88. The Morgan fingerprint density at radius 2 is 2.11 bits per heavy atom. The minimum absolute atomic E-state index is 0.143. The number of rotatable bonds is 2. The Bertz CT molecular complexity index is 581. The van der Waals surface area contributed by atoms with Crippen LogP contribution >= 0.6 is 0 Å². The minimum atomic E-state index is -0.336. The monoisotopic (exact) mass is 247 g/mol.